The van der Waals surface area contributed by atoms with Crippen LogP contribution in [-0.4, -0.2) is 63.7 Å². The minimum atomic E-state index is -0.708. The Kier molecular flexibility index (Phi) is 6.90. The number of benzene rings is 2. The van der Waals surface area contributed by atoms with Crippen LogP contribution in [0.2, 0.25) is 0 Å². The fourth-order valence-electron chi connectivity index (χ4n) is 7.76. The summed E-state index contributed by atoms with van der Waals surface area (Å²) in [5.41, 5.74) is 2.58. The number of aromatic nitrogens is 2. The predicted molar refractivity (Wildman–Crippen MR) is 166 cm³/mol. The van der Waals surface area contributed by atoms with E-state index in [4.69, 9.17) is 10.5 Å². The standard InChI is InChI=1S/C34H38N6O4/c1-33(14-16-38(17-15-33)32(44)34(21-35)12-3-2-4-13-34)39-20-22(19-36-39)18-23-8-9-26-29-24(23)6-5-7-25(29)31(43)40(26)27-10-11-28(41)37-30(27)42/h5-9,19-21,27,35H,2-4,10-18H2,1H3,(H,37,41,42). The molecule has 1 atom stereocenters. The average Bonchev–Trinajstić information content (AvgIpc) is 3.63. The lowest BCUT2D eigenvalue weighted by atomic mass is 9.73. The Hall–Kier alpha value is -4.34. The van der Waals surface area contributed by atoms with Crippen molar-refractivity contribution in [2.24, 2.45) is 5.41 Å². The summed E-state index contributed by atoms with van der Waals surface area (Å²) in [6.45, 7) is 3.52. The van der Waals surface area contributed by atoms with Gasteiger partial charge < -0.3 is 10.3 Å². The second kappa shape index (κ2) is 10.7. The molecule has 3 aliphatic heterocycles. The summed E-state index contributed by atoms with van der Waals surface area (Å²) >= 11 is 0. The van der Waals surface area contributed by atoms with Gasteiger partial charge >= 0.3 is 0 Å². The molecule has 0 radical (unpaired) electrons. The molecule has 1 saturated carbocycles. The SMILES string of the molecule is CC1(n2cc(Cc3ccc4c5c(cccc35)C(=O)N4C3CCC(=O)NC3=O)cn2)CCN(C(=O)C2(C=N)CCCCC2)CC1. The van der Waals surface area contributed by atoms with Crippen LogP contribution in [0.1, 0.15) is 86.2 Å². The fourth-order valence-corrected chi connectivity index (χ4v) is 7.76. The largest absolute Gasteiger partial charge is 0.342 e. The third-order valence-electron chi connectivity index (χ3n) is 10.5. The zero-order valence-corrected chi connectivity index (χ0v) is 25.1. The second-order valence-electron chi connectivity index (χ2n) is 13.2. The molecule has 2 aromatic carbocycles. The molecule has 10 heteroatoms. The third-order valence-corrected chi connectivity index (χ3v) is 10.5. The van der Waals surface area contributed by atoms with Gasteiger partial charge in [0, 0.05) is 49.3 Å². The van der Waals surface area contributed by atoms with E-state index in [1.807, 2.05) is 40.0 Å². The molecule has 4 heterocycles. The predicted octanol–water partition coefficient (Wildman–Crippen LogP) is 4.33. The van der Waals surface area contributed by atoms with Crippen LogP contribution in [0, 0.1) is 10.8 Å². The van der Waals surface area contributed by atoms with Crippen molar-refractivity contribution in [3.05, 3.63) is 59.4 Å². The van der Waals surface area contributed by atoms with Crippen molar-refractivity contribution in [1.82, 2.24) is 20.0 Å². The first-order valence-corrected chi connectivity index (χ1v) is 15.8. The van der Waals surface area contributed by atoms with E-state index in [0.29, 0.717) is 37.2 Å². The van der Waals surface area contributed by atoms with Crippen molar-refractivity contribution in [1.29, 1.82) is 5.41 Å². The number of anilines is 1. The zero-order chi connectivity index (χ0) is 30.6. The molecule has 10 nitrogen and oxygen atoms in total. The van der Waals surface area contributed by atoms with Gasteiger partial charge in [-0.15, -0.1) is 0 Å². The van der Waals surface area contributed by atoms with Crippen molar-refractivity contribution in [2.45, 2.75) is 82.7 Å². The molecule has 1 aromatic heterocycles. The molecule has 44 heavy (non-hydrogen) atoms. The maximum atomic E-state index is 13.5. The van der Waals surface area contributed by atoms with E-state index in [-0.39, 0.29) is 29.7 Å². The summed E-state index contributed by atoms with van der Waals surface area (Å²) in [7, 11) is 0. The van der Waals surface area contributed by atoms with Crippen LogP contribution in [0.25, 0.3) is 10.8 Å². The van der Waals surface area contributed by atoms with Gasteiger partial charge in [-0.1, -0.05) is 37.5 Å². The number of carbonyl (C=O) groups is 4. The van der Waals surface area contributed by atoms with Gasteiger partial charge in [0.15, 0.2) is 0 Å². The number of likely N-dealkylation sites (tertiary alicyclic amines) is 1. The summed E-state index contributed by atoms with van der Waals surface area (Å²) in [6, 6.07) is 8.93. The molecule has 228 valence electrons. The first-order chi connectivity index (χ1) is 21.2. The van der Waals surface area contributed by atoms with E-state index in [1.54, 1.807) is 11.0 Å². The normalized spacial score (nSPS) is 22.8. The van der Waals surface area contributed by atoms with Crippen LogP contribution >= 0.6 is 0 Å². The Morgan fingerprint density at radius 2 is 1.84 bits per heavy atom. The van der Waals surface area contributed by atoms with Crippen molar-refractivity contribution >= 4 is 46.3 Å². The zero-order valence-electron chi connectivity index (χ0n) is 25.1. The molecule has 7 rings (SSSR count). The minimum absolute atomic E-state index is 0.122. The highest BCUT2D eigenvalue weighted by Crippen LogP contribution is 2.42. The van der Waals surface area contributed by atoms with Crippen LogP contribution in [0.15, 0.2) is 42.7 Å². The van der Waals surface area contributed by atoms with Crippen LogP contribution in [0.5, 0.6) is 0 Å². The molecular formula is C34H38N6O4. The number of piperidine rings is 2. The fraction of sp³-hybridized carbons (Fsp3) is 0.471. The molecule has 1 aliphatic carbocycles. The molecule has 0 bridgehead atoms. The second-order valence-corrected chi connectivity index (χ2v) is 13.2. The van der Waals surface area contributed by atoms with E-state index < -0.39 is 17.4 Å². The maximum Gasteiger partial charge on any atom is 0.259 e. The highest BCUT2D eigenvalue weighted by molar-refractivity contribution is 6.27. The van der Waals surface area contributed by atoms with E-state index in [2.05, 4.69) is 18.4 Å². The topological polar surface area (TPSA) is 128 Å². The molecule has 3 fully saturated rings. The van der Waals surface area contributed by atoms with Crippen LogP contribution in [0.4, 0.5) is 5.69 Å². The summed E-state index contributed by atoms with van der Waals surface area (Å²) < 4.78 is 2.05. The maximum absolute atomic E-state index is 13.5. The van der Waals surface area contributed by atoms with Gasteiger partial charge in [0.2, 0.25) is 17.7 Å². The highest BCUT2D eigenvalue weighted by atomic mass is 16.2. The summed E-state index contributed by atoms with van der Waals surface area (Å²) in [5.74, 6) is -0.825. The quantitative estimate of drug-likeness (QED) is 0.324. The Balaban J connectivity index is 1.09. The summed E-state index contributed by atoms with van der Waals surface area (Å²) in [6.07, 6.45) is 12.9. The highest BCUT2D eigenvalue weighted by Gasteiger charge is 2.44. The lowest BCUT2D eigenvalue weighted by Gasteiger charge is -2.43. The van der Waals surface area contributed by atoms with Gasteiger partial charge in [-0.3, -0.25) is 34.1 Å². The Morgan fingerprint density at radius 1 is 1.07 bits per heavy atom. The lowest BCUT2D eigenvalue weighted by Crippen LogP contribution is -2.53. The molecule has 0 spiro atoms. The van der Waals surface area contributed by atoms with Gasteiger partial charge in [0.25, 0.3) is 5.91 Å². The molecule has 1 unspecified atom stereocenters. The number of imide groups is 1. The number of nitrogens with zero attached hydrogens (tertiary/aromatic N) is 4. The minimum Gasteiger partial charge on any atom is -0.342 e. The Bertz CT molecular complexity index is 1690. The van der Waals surface area contributed by atoms with Crippen LogP contribution < -0.4 is 10.2 Å². The molecule has 3 aromatic rings. The van der Waals surface area contributed by atoms with E-state index in [1.165, 1.54) is 6.21 Å². The third kappa shape index (κ3) is 4.53. The van der Waals surface area contributed by atoms with Crippen LogP contribution in [0.3, 0.4) is 0 Å². The van der Waals surface area contributed by atoms with Crippen molar-refractivity contribution in [3.8, 4) is 0 Å². The first kappa shape index (κ1) is 28.4. The van der Waals surface area contributed by atoms with Crippen LogP contribution in [-0.2, 0) is 26.3 Å². The average molecular weight is 595 g/mol. The molecule has 4 amide bonds. The number of nitrogens with one attached hydrogen (secondary N) is 2. The van der Waals surface area contributed by atoms with E-state index in [9.17, 15) is 19.2 Å². The van der Waals surface area contributed by atoms with E-state index >= 15 is 0 Å². The van der Waals surface area contributed by atoms with Gasteiger partial charge in [-0.25, -0.2) is 0 Å². The molecule has 2 saturated heterocycles. The Morgan fingerprint density at radius 3 is 2.57 bits per heavy atom. The molecular weight excluding hydrogens is 556 g/mol. The number of carbonyl (C=O) groups excluding carboxylic acids is 4. The van der Waals surface area contributed by atoms with Crippen molar-refractivity contribution in [3.63, 3.8) is 0 Å². The van der Waals surface area contributed by atoms with Crippen molar-refractivity contribution in [2.75, 3.05) is 18.0 Å². The van der Waals surface area contributed by atoms with E-state index in [0.717, 1.165) is 66.8 Å². The van der Waals surface area contributed by atoms with Gasteiger partial charge in [0.1, 0.15) is 6.04 Å². The lowest BCUT2D eigenvalue weighted by molar-refractivity contribution is -0.142. The number of hydrogen-bond acceptors (Lipinski definition) is 6. The number of rotatable bonds is 6. The molecule has 2 N–H and O–H groups in total. The molecule has 4 aliphatic rings. The van der Waals surface area contributed by atoms with Gasteiger partial charge in [0.05, 0.1) is 22.8 Å². The smallest absolute Gasteiger partial charge is 0.259 e. The first-order valence-electron chi connectivity index (χ1n) is 15.8. The van der Waals surface area contributed by atoms with Crippen molar-refractivity contribution < 1.29 is 19.2 Å². The summed E-state index contributed by atoms with van der Waals surface area (Å²) in [5, 5.41) is 17.0. The monoisotopic (exact) mass is 594 g/mol. The van der Waals surface area contributed by atoms with Gasteiger partial charge in [-0.2, -0.15) is 5.10 Å². The number of hydrogen-bond donors (Lipinski definition) is 2. The summed E-state index contributed by atoms with van der Waals surface area (Å²) in [4.78, 5) is 54.9. The Labute approximate surface area is 256 Å². The number of amides is 4. The van der Waals surface area contributed by atoms with Gasteiger partial charge in [-0.05, 0) is 67.7 Å².